The highest BCUT2D eigenvalue weighted by atomic mass is 16.5. The summed E-state index contributed by atoms with van der Waals surface area (Å²) in [6.07, 6.45) is 0.396. The fraction of sp³-hybridized carbons (Fsp3) is 0.481. The molecule has 0 saturated carbocycles. The minimum atomic E-state index is -0.0177. The Morgan fingerprint density at radius 1 is 1.00 bits per heavy atom. The van der Waals surface area contributed by atoms with Crippen molar-refractivity contribution >= 4 is 6.03 Å². The summed E-state index contributed by atoms with van der Waals surface area (Å²) >= 11 is 0. The van der Waals surface area contributed by atoms with Gasteiger partial charge in [0.05, 0.1) is 30.4 Å². The predicted molar refractivity (Wildman–Crippen MR) is 134 cm³/mol. The molecule has 0 aliphatic carbocycles. The number of nitriles is 1. The topological polar surface area (TPSA) is 72.3 Å². The van der Waals surface area contributed by atoms with Gasteiger partial charge in [-0.1, -0.05) is 30.3 Å². The second kappa shape index (κ2) is 12.0. The van der Waals surface area contributed by atoms with E-state index in [1.54, 1.807) is 43.3 Å². The maximum absolute atomic E-state index is 12.8. The second-order valence-electron chi connectivity index (χ2n) is 9.47. The fourth-order valence-corrected chi connectivity index (χ4v) is 4.76. The molecule has 2 saturated heterocycles. The lowest BCUT2D eigenvalue weighted by atomic mass is 10.1. The number of benzene rings is 2. The van der Waals surface area contributed by atoms with Crippen molar-refractivity contribution in [1.82, 2.24) is 19.6 Å². The number of hydrogen-bond acceptors (Lipinski definition) is 6. The van der Waals surface area contributed by atoms with Gasteiger partial charge in [-0.2, -0.15) is 5.26 Å². The van der Waals surface area contributed by atoms with Crippen molar-refractivity contribution < 1.29 is 14.3 Å². The number of morpholine rings is 2. The molecule has 2 unspecified atom stereocenters. The summed E-state index contributed by atoms with van der Waals surface area (Å²) in [5.74, 6) is 0.697. The SMILES string of the molecule is CN(C)C(=O)N(CCOc1ccc(C#N)cc1)CCN1CC2CN(Cc3ccccc3)CC(C1)O2. The van der Waals surface area contributed by atoms with E-state index in [0.717, 1.165) is 39.3 Å². The minimum Gasteiger partial charge on any atom is -0.492 e. The van der Waals surface area contributed by atoms with Gasteiger partial charge in [0.2, 0.25) is 0 Å². The summed E-state index contributed by atoms with van der Waals surface area (Å²) in [5, 5.41) is 8.93. The van der Waals surface area contributed by atoms with E-state index in [4.69, 9.17) is 14.7 Å². The number of rotatable bonds is 9. The van der Waals surface area contributed by atoms with Crippen LogP contribution < -0.4 is 4.74 Å². The third kappa shape index (κ3) is 7.18. The highest BCUT2D eigenvalue weighted by molar-refractivity contribution is 5.73. The Morgan fingerprint density at radius 3 is 2.29 bits per heavy atom. The van der Waals surface area contributed by atoms with Crippen LogP contribution in [-0.2, 0) is 11.3 Å². The van der Waals surface area contributed by atoms with Crippen LogP contribution in [0.5, 0.6) is 5.75 Å². The minimum absolute atomic E-state index is 0.0177. The van der Waals surface area contributed by atoms with E-state index < -0.39 is 0 Å². The zero-order valence-corrected chi connectivity index (χ0v) is 20.7. The first kappa shape index (κ1) is 25.0. The molecule has 2 heterocycles. The van der Waals surface area contributed by atoms with Crippen LogP contribution in [0.4, 0.5) is 4.79 Å². The molecule has 0 radical (unpaired) electrons. The third-order valence-electron chi connectivity index (χ3n) is 6.43. The van der Waals surface area contributed by atoms with Crippen LogP contribution >= 0.6 is 0 Å². The molecule has 2 bridgehead atoms. The zero-order chi connectivity index (χ0) is 24.6. The van der Waals surface area contributed by atoms with E-state index in [1.807, 2.05) is 4.90 Å². The molecule has 2 fully saturated rings. The second-order valence-corrected chi connectivity index (χ2v) is 9.47. The summed E-state index contributed by atoms with van der Waals surface area (Å²) < 4.78 is 12.0. The highest BCUT2D eigenvalue weighted by Gasteiger charge is 2.35. The molecule has 2 aromatic carbocycles. The first-order chi connectivity index (χ1) is 17.0. The Kier molecular flexibility index (Phi) is 8.59. The Bertz CT molecular complexity index is 978. The molecule has 186 valence electrons. The molecule has 2 atom stereocenters. The number of hydrogen-bond donors (Lipinski definition) is 0. The summed E-state index contributed by atoms with van der Waals surface area (Å²) in [6.45, 7) is 6.93. The van der Waals surface area contributed by atoms with Crippen LogP contribution in [0.3, 0.4) is 0 Å². The number of nitrogens with zero attached hydrogens (tertiary/aromatic N) is 5. The lowest BCUT2D eigenvalue weighted by Gasteiger charge is -2.46. The quantitative estimate of drug-likeness (QED) is 0.553. The largest absolute Gasteiger partial charge is 0.492 e. The van der Waals surface area contributed by atoms with Crippen LogP contribution in [0, 0.1) is 11.3 Å². The molecule has 0 N–H and O–H groups in total. The summed E-state index contributed by atoms with van der Waals surface area (Å²) in [5.41, 5.74) is 1.94. The molecule has 0 aromatic heterocycles. The van der Waals surface area contributed by atoms with E-state index in [-0.39, 0.29) is 18.2 Å². The van der Waals surface area contributed by atoms with Crippen molar-refractivity contribution in [3.63, 3.8) is 0 Å². The molecule has 35 heavy (non-hydrogen) atoms. The van der Waals surface area contributed by atoms with Gasteiger partial charge in [-0.05, 0) is 29.8 Å². The van der Waals surface area contributed by atoms with Crippen molar-refractivity contribution in [1.29, 1.82) is 5.26 Å². The lowest BCUT2D eigenvalue weighted by Crippen LogP contribution is -2.60. The summed E-state index contributed by atoms with van der Waals surface area (Å²) in [4.78, 5) is 21.1. The van der Waals surface area contributed by atoms with Gasteiger partial charge in [-0.3, -0.25) is 9.80 Å². The molecular weight excluding hydrogens is 442 g/mol. The molecule has 4 rings (SSSR count). The van der Waals surface area contributed by atoms with Gasteiger partial charge >= 0.3 is 6.03 Å². The number of carbonyl (C=O) groups excluding carboxylic acids is 1. The van der Waals surface area contributed by atoms with Crippen molar-refractivity contribution in [3.8, 4) is 11.8 Å². The number of urea groups is 1. The fourth-order valence-electron chi connectivity index (χ4n) is 4.76. The van der Waals surface area contributed by atoms with Crippen LogP contribution in [0.15, 0.2) is 54.6 Å². The maximum Gasteiger partial charge on any atom is 0.319 e. The van der Waals surface area contributed by atoms with Crippen LogP contribution in [0.25, 0.3) is 0 Å². The molecule has 8 nitrogen and oxygen atoms in total. The van der Waals surface area contributed by atoms with Crippen molar-refractivity contribution in [2.45, 2.75) is 18.8 Å². The average Bonchev–Trinajstić information content (AvgIpc) is 2.86. The van der Waals surface area contributed by atoms with E-state index in [1.165, 1.54) is 5.56 Å². The predicted octanol–water partition coefficient (Wildman–Crippen LogP) is 2.51. The Labute approximate surface area is 208 Å². The summed E-state index contributed by atoms with van der Waals surface area (Å²) in [6, 6.07) is 19.7. The van der Waals surface area contributed by atoms with Gasteiger partial charge in [0, 0.05) is 59.9 Å². The monoisotopic (exact) mass is 477 g/mol. The zero-order valence-electron chi connectivity index (χ0n) is 20.7. The van der Waals surface area contributed by atoms with Gasteiger partial charge in [0.25, 0.3) is 0 Å². The average molecular weight is 478 g/mol. The van der Waals surface area contributed by atoms with Crippen molar-refractivity contribution in [2.75, 3.05) is 66.5 Å². The van der Waals surface area contributed by atoms with E-state index in [2.05, 4.69) is 46.2 Å². The molecule has 2 aliphatic heterocycles. The molecular formula is C27H35N5O3. The molecule has 0 spiro atoms. The Hall–Kier alpha value is -3.12. The van der Waals surface area contributed by atoms with Gasteiger partial charge in [-0.15, -0.1) is 0 Å². The van der Waals surface area contributed by atoms with Gasteiger partial charge in [0.15, 0.2) is 0 Å². The molecule has 2 amide bonds. The Morgan fingerprint density at radius 2 is 1.66 bits per heavy atom. The number of fused-ring (bicyclic) bond motifs is 2. The first-order valence-corrected chi connectivity index (χ1v) is 12.2. The van der Waals surface area contributed by atoms with Gasteiger partial charge in [-0.25, -0.2) is 4.79 Å². The normalized spacial score (nSPS) is 20.1. The highest BCUT2D eigenvalue weighted by Crippen LogP contribution is 2.21. The molecule has 8 heteroatoms. The van der Waals surface area contributed by atoms with Crippen molar-refractivity contribution in [3.05, 3.63) is 65.7 Å². The first-order valence-electron chi connectivity index (χ1n) is 12.2. The van der Waals surface area contributed by atoms with E-state index in [9.17, 15) is 4.79 Å². The smallest absolute Gasteiger partial charge is 0.319 e. The number of carbonyl (C=O) groups is 1. The van der Waals surface area contributed by atoms with Crippen LogP contribution in [-0.4, -0.2) is 104 Å². The van der Waals surface area contributed by atoms with Gasteiger partial charge in [0.1, 0.15) is 12.4 Å². The lowest BCUT2D eigenvalue weighted by molar-refractivity contribution is -0.140. The van der Waals surface area contributed by atoms with Crippen LogP contribution in [0.1, 0.15) is 11.1 Å². The van der Waals surface area contributed by atoms with E-state index in [0.29, 0.717) is 31.0 Å². The number of amides is 2. The van der Waals surface area contributed by atoms with Crippen LogP contribution in [0.2, 0.25) is 0 Å². The third-order valence-corrected chi connectivity index (χ3v) is 6.43. The molecule has 2 aromatic rings. The van der Waals surface area contributed by atoms with E-state index >= 15 is 0 Å². The standard InChI is InChI=1S/C27H35N5O3/c1-29(2)27(33)32(14-15-34-24-10-8-22(16-28)9-11-24)13-12-30-18-25-20-31(21-26(19-30)35-25)17-23-6-4-3-5-7-23/h3-11,25-26H,12-15,17-21H2,1-2H3. The Balaban J connectivity index is 1.25. The maximum atomic E-state index is 12.8. The van der Waals surface area contributed by atoms with Crippen molar-refractivity contribution in [2.24, 2.45) is 0 Å². The summed E-state index contributed by atoms with van der Waals surface area (Å²) in [7, 11) is 3.55. The number of ether oxygens (including phenoxy) is 2. The molecule has 2 aliphatic rings. The van der Waals surface area contributed by atoms with Gasteiger partial charge < -0.3 is 19.3 Å².